The quantitative estimate of drug-likeness (QED) is 0.869. The molecule has 0 radical (unpaired) electrons. The first-order valence-corrected chi connectivity index (χ1v) is 8.49. The first-order valence-electron chi connectivity index (χ1n) is 8.49. The summed E-state index contributed by atoms with van der Waals surface area (Å²) in [4.78, 5) is 26.0. The zero-order chi connectivity index (χ0) is 16.6. The van der Waals surface area contributed by atoms with E-state index in [1.807, 2.05) is 11.0 Å². The maximum absolute atomic E-state index is 12.7. The largest absolute Gasteiger partial charge is 0.480 e. The standard InChI is InChI=1S/C19H25NO3/c1-19(2,18(22)23)17(21)20-15-8-9-16(20)12-14(11-15)10-13-6-4-3-5-7-13/h3-7,14-16H,8-12H2,1-2H3,(H,22,23). The lowest BCUT2D eigenvalue weighted by molar-refractivity contribution is -0.161. The number of carboxylic acid groups (broad SMARTS) is 1. The third-order valence-corrected chi connectivity index (χ3v) is 5.50. The molecule has 2 fully saturated rings. The Labute approximate surface area is 137 Å². The van der Waals surface area contributed by atoms with Gasteiger partial charge in [-0.1, -0.05) is 30.3 Å². The number of aliphatic carboxylic acids is 1. The van der Waals surface area contributed by atoms with Crippen molar-refractivity contribution >= 4 is 11.9 Å². The van der Waals surface area contributed by atoms with E-state index < -0.39 is 11.4 Å². The van der Waals surface area contributed by atoms with E-state index in [9.17, 15) is 14.7 Å². The molecule has 1 aromatic carbocycles. The normalized spacial score (nSPS) is 27.0. The van der Waals surface area contributed by atoms with Gasteiger partial charge in [0.2, 0.25) is 5.91 Å². The van der Waals surface area contributed by atoms with Crippen LogP contribution in [0.3, 0.4) is 0 Å². The summed E-state index contributed by atoms with van der Waals surface area (Å²) in [6.45, 7) is 3.04. The van der Waals surface area contributed by atoms with E-state index in [0.29, 0.717) is 5.92 Å². The van der Waals surface area contributed by atoms with Crippen molar-refractivity contribution in [2.45, 2.75) is 58.0 Å². The van der Waals surface area contributed by atoms with Gasteiger partial charge in [-0.3, -0.25) is 9.59 Å². The summed E-state index contributed by atoms with van der Waals surface area (Å²) in [6, 6.07) is 10.9. The van der Waals surface area contributed by atoms with Gasteiger partial charge in [0.15, 0.2) is 0 Å². The number of amides is 1. The van der Waals surface area contributed by atoms with Crippen LogP contribution in [0.4, 0.5) is 0 Å². The van der Waals surface area contributed by atoms with Crippen LogP contribution in [0.1, 0.15) is 45.1 Å². The molecule has 2 heterocycles. The van der Waals surface area contributed by atoms with Gasteiger partial charge in [0.05, 0.1) is 0 Å². The van der Waals surface area contributed by atoms with Crippen molar-refractivity contribution in [3.63, 3.8) is 0 Å². The molecule has 23 heavy (non-hydrogen) atoms. The van der Waals surface area contributed by atoms with Crippen molar-refractivity contribution in [1.82, 2.24) is 4.90 Å². The highest BCUT2D eigenvalue weighted by Crippen LogP contribution is 2.42. The average molecular weight is 315 g/mol. The third-order valence-electron chi connectivity index (χ3n) is 5.50. The number of carbonyl (C=O) groups is 2. The molecule has 0 aromatic heterocycles. The minimum atomic E-state index is -1.33. The number of carbonyl (C=O) groups excluding carboxylic acids is 1. The maximum atomic E-state index is 12.7. The van der Waals surface area contributed by atoms with E-state index in [1.165, 1.54) is 19.4 Å². The Morgan fingerprint density at radius 1 is 1.13 bits per heavy atom. The third kappa shape index (κ3) is 2.99. The van der Waals surface area contributed by atoms with Crippen LogP contribution in [-0.2, 0) is 16.0 Å². The molecule has 2 unspecified atom stereocenters. The van der Waals surface area contributed by atoms with Crippen LogP contribution in [-0.4, -0.2) is 34.0 Å². The molecule has 2 bridgehead atoms. The van der Waals surface area contributed by atoms with Gasteiger partial charge in [-0.05, 0) is 57.4 Å². The predicted octanol–water partition coefficient (Wildman–Crippen LogP) is 3.11. The molecule has 2 saturated heterocycles. The first-order chi connectivity index (χ1) is 10.9. The Kier molecular flexibility index (Phi) is 4.17. The van der Waals surface area contributed by atoms with Gasteiger partial charge < -0.3 is 10.0 Å². The fourth-order valence-electron chi connectivity index (χ4n) is 4.15. The number of carboxylic acids is 1. The Bertz CT molecular complexity index is 582. The smallest absolute Gasteiger partial charge is 0.318 e. The summed E-state index contributed by atoms with van der Waals surface area (Å²) >= 11 is 0. The van der Waals surface area contributed by atoms with Crippen LogP contribution >= 0.6 is 0 Å². The second kappa shape index (κ2) is 5.99. The van der Waals surface area contributed by atoms with Crippen LogP contribution < -0.4 is 0 Å². The molecule has 4 nitrogen and oxygen atoms in total. The minimum absolute atomic E-state index is 0.212. The van der Waals surface area contributed by atoms with Crippen LogP contribution in [0, 0.1) is 11.3 Å². The summed E-state index contributed by atoms with van der Waals surface area (Å²) < 4.78 is 0. The SMILES string of the molecule is CC(C)(C(=O)O)C(=O)N1C2CCC1CC(Cc1ccccc1)C2. The lowest BCUT2D eigenvalue weighted by Crippen LogP contribution is -2.53. The highest BCUT2D eigenvalue weighted by atomic mass is 16.4. The monoisotopic (exact) mass is 315 g/mol. The molecule has 4 heteroatoms. The van der Waals surface area contributed by atoms with E-state index in [4.69, 9.17) is 0 Å². The van der Waals surface area contributed by atoms with Gasteiger partial charge in [-0.15, -0.1) is 0 Å². The minimum Gasteiger partial charge on any atom is -0.480 e. The van der Waals surface area contributed by atoms with E-state index in [2.05, 4.69) is 24.3 Å². The average Bonchev–Trinajstić information content (AvgIpc) is 2.78. The zero-order valence-corrected chi connectivity index (χ0v) is 13.9. The molecule has 2 aliphatic heterocycles. The van der Waals surface area contributed by atoms with Crippen LogP contribution in [0.2, 0.25) is 0 Å². The van der Waals surface area contributed by atoms with Gasteiger partial charge in [-0.25, -0.2) is 0 Å². The van der Waals surface area contributed by atoms with Gasteiger partial charge in [-0.2, -0.15) is 0 Å². The Balaban J connectivity index is 1.70. The summed E-state index contributed by atoms with van der Waals surface area (Å²) in [7, 11) is 0. The molecule has 124 valence electrons. The molecule has 2 atom stereocenters. The topological polar surface area (TPSA) is 57.6 Å². The lowest BCUT2D eigenvalue weighted by Gasteiger charge is -2.41. The molecule has 1 N–H and O–H groups in total. The summed E-state index contributed by atoms with van der Waals surface area (Å²) in [5.74, 6) is -0.657. The van der Waals surface area contributed by atoms with E-state index in [1.54, 1.807) is 0 Å². The molecule has 1 aromatic rings. The molecular weight excluding hydrogens is 290 g/mol. The number of benzene rings is 1. The highest BCUT2D eigenvalue weighted by Gasteiger charge is 2.49. The second-order valence-electron chi connectivity index (χ2n) is 7.55. The van der Waals surface area contributed by atoms with Crippen LogP contribution in [0.15, 0.2) is 30.3 Å². The Morgan fingerprint density at radius 2 is 1.70 bits per heavy atom. The lowest BCUT2D eigenvalue weighted by atomic mass is 9.83. The molecular formula is C19H25NO3. The van der Waals surface area contributed by atoms with Gasteiger partial charge in [0, 0.05) is 12.1 Å². The van der Waals surface area contributed by atoms with E-state index in [0.717, 1.165) is 32.1 Å². The molecule has 1 amide bonds. The number of fused-ring (bicyclic) bond motifs is 2. The summed E-state index contributed by atoms with van der Waals surface area (Å²) in [6.07, 6.45) is 5.06. The molecule has 2 aliphatic rings. The number of hydrogen-bond donors (Lipinski definition) is 1. The van der Waals surface area contributed by atoms with Crippen molar-refractivity contribution < 1.29 is 14.7 Å². The van der Waals surface area contributed by atoms with Crippen molar-refractivity contribution in [2.75, 3.05) is 0 Å². The fourth-order valence-corrected chi connectivity index (χ4v) is 4.15. The van der Waals surface area contributed by atoms with Crippen LogP contribution in [0.5, 0.6) is 0 Å². The van der Waals surface area contributed by atoms with Crippen molar-refractivity contribution in [1.29, 1.82) is 0 Å². The Morgan fingerprint density at radius 3 is 2.22 bits per heavy atom. The number of hydrogen-bond acceptors (Lipinski definition) is 2. The van der Waals surface area contributed by atoms with Gasteiger partial charge >= 0.3 is 5.97 Å². The van der Waals surface area contributed by atoms with Crippen molar-refractivity contribution in [3.05, 3.63) is 35.9 Å². The first kappa shape index (κ1) is 16.0. The van der Waals surface area contributed by atoms with Gasteiger partial charge in [0.25, 0.3) is 0 Å². The number of piperidine rings is 1. The van der Waals surface area contributed by atoms with Crippen molar-refractivity contribution in [2.24, 2.45) is 11.3 Å². The molecule has 0 saturated carbocycles. The fraction of sp³-hybridized carbons (Fsp3) is 0.579. The predicted molar refractivity (Wildman–Crippen MR) is 87.9 cm³/mol. The van der Waals surface area contributed by atoms with Crippen LogP contribution in [0.25, 0.3) is 0 Å². The molecule has 3 rings (SSSR count). The van der Waals surface area contributed by atoms with Gasteiger partial charge in [0.1, 0.15) is 5.41 Å². The van der Waals surface area contributed by atoms with E-state index >= 15 is 0 Å². The second-order valence-corrected chi connectivity index (χ2v) is 7.55. The molecule has 0 spiro atoms. The highest BCUT2D eigenvalue weighted by molar-refractivity contribution is 6.01. The van der Waals surface area contributed by atoms with Crippen molar-refractivity contribution in [3.8, 4) is 0 Å². The maximum Gasteiger partial charge on any atom is 0.318 e. The number of nitrogens with zero attached hydrogens (tertiary/aromatic N) is 1. The molecule has 0 aliphatic carbocycles. The van der Waals surface area contributed by atoms with E-state index in [-0.39, 0.29) is 18.0 Å². The zero-order valence-electron chi connectivity index (χ0n) is 13.9. The summed E-state index contributed by atoms with van der Waals surface area (Å²) in [5, 5.41) is 9.33. The number of rotatable bonds is 4. The summed E-state index contributed by atoms with van der Waals surface area (Å²) in [5.41, 5.74) is 0.0233. The Hall–Kier alpha value is -1.84.